The topological polar surface area (TPSA) is 172 Å². The van der Waals surface area contributed by atoms with Gasteiger partial charge in [0, 0.05) is 25.2 Å². The highest BCUT2D eigenvalue weighted by Crippen LogP contribution is 2.38. The molecule has 13 heteroatoms. The van der Waals surface area contributed by atoms with Crippen molar-refractivity contribution in [1.29, 1.82) is 0 Å². The van der Waals surface area contributed by atoms with Crippen molar-refractivity contribution in [3.63, 3.8) is 0 Å². The fourth-order valence-electron chi connectivity index (χ4n) is 6.58. The first-order chi connectivity index (χ1) is 29.2. The third-order valence-electron chi connectivity index (χ3n) is 10.3. The van der Waals surface area contributed by atoms with Gasteiger partial charge < -0.3 is 43.2 Å². The smallest absolute Gasteiger partial charge is 0.306 e. The lowest BCUT2D eigenvalue weighted by Crippen LogP contribution is -2.37. The molecule has 1 fully saturated rings. The molecule has 61 heavy (non-hydrogen) atoms. The first kappa shape index (κ1) is 56.3. The van der Waals surface area contributed by atoms with E-state index in [0.29, 0.717) is 49.6 Å². The molecule has 350 valence electrons. The lowest BCUT2D eigenvalue weighted by Gasteiger charge is -2.28. The highest BCUT2D eigenvalue weighted by Gasteiger charge is 2.39. The number of likely N-dealkylation sites (N-methyl/N-ethyl adjacent to an activating group) is 1. The Labute approximate surface area is 368 Å². The van der Waals surface area contributed by atoms with E-state index < -0.39 is 50.8 Å². The number of nitrogens with zero attached hydrogens (tertiary/aromatic N) is 1. The van der Waals surface area contributed by atoms with Gasteiger partial charge in [0.1, 0.15) is 19.8 Å². The Bertz CT molecular complexity index is 1390. The van der Waals surface area contributed by atoms with Crippen molar-refractivity contribution in [2.75, 3.05) is 47.5 Å². The van der Waals surface area contributed by atoms with Crippen LogP contribution in [0.15, 0.2) is 72.9 Å². The zero-order valence-corrected chi connectivity index (χ0v) is 39.1. The third kappa shape index (κ3) is 31.8. The standard InChI is InChI=1S/C48H82NO11P/c1-6-8-10-11-12-13-14-15-16-17-18-19-20-21-22-23-29-33-48(54)60-42(40-59-61(55,56)58-37-36-49(3,4)5)39-57-47(53)32-28-25-24-27-31-43-44(46(52)38-45(43)51)35-34-41(50)30-26-9-7-2/h12-13,15-16,18-19,21-22,24,27,34-35,41-46,50-52H,6-11,14,17,20,23,25-26,28-33,36-40H2,1-5H3/b13-12-,16-15-,19-18-,22-21-,27-24+,35-34+/t41-,42+,43+,44+,45-,46+/m0/s1. The average Bonchev–Trinajstić information content (AvgIpc) is 3.47. The van der Waals surface area contributed by atoms with Gasteiger partial charge in [-0.25, -0.2) is 0 Å². The number of carbonyl (C=O) groups excluding carboxylic acids is 2. The Morgan fingerprint density at radius 3 is 1.90 bits per heavy atom. The molecule has 0 aromatic heterocycles. The number of hydrogen-bond acceptors (Lipinski definition) is 11. The number of aliphatic hydroxyl groups is 3. The van der Waals surface area contributed by atoms with Gasteiger partial charge in [0.15, 0.2) is 6.10 Å². The van der Waals surface area contributed by atoms with E-state index in [2.05, 4.69) is 50.3 Å². The molecule has 0 aromatic rings. The quantitative estimate of drug-likeness (QED) is 0.0181. The molecule has 0 radical (unpaired) electrons. The Morgan fingerprint density at radius 1 is 0.738 bits per heavy atom. The van der Waals surface area contributed by atoms with Crippen LogP contribution in [0.2, 0.25) is 0 Å². The van der Waals surface area contributed by atoms with Crippen molar-refractivity contribution in [2.45, 2.75) is 160 Å². The first-order valence-electron chi connectivity index (χ1n) is 22.9. The monoisotopic (exact) mass is 880 g/mol. The average molecular weight is 880 g/mol. The van der Waals surface area contributed by atoms with Crippen molar-refractivity contribution in [2.24, 2.45) is 11.8 Å². The molecule has 7 atom stereocenters. The van der Waals surface area contributed by atoms with Gasteiger partial charge in [-0.15, -0.1) is 0 Å². The fourth-order valence-corrected chi connectivity index (χ4v) is 7.31. The van der Waals surface area contributed by atoms with Crippen LogP contribution in [0.3, 0.4) is 0 Å². The number of hydrogen-bond donors (Lipinski definition) is 3. The molecular weight excluding hydrogens is 797 g/mol. The van der Waals surface area contributed by atoms with E-state index in [9.17, 15) is 34.4 Å². The number of carbonyl (C=O) groups is 2. The van der Waals surface area contributed by atoms with Crippen molar-refractivity contribution in [3.8, 4) is 0 Å². The molecule has 12 nitrogen and oxygen atoms in total. The SMILES string of the molecule is CCCCC/C=C\C/C=C\C/C=C\C/C=C\CCCC(=O)O[C@H](COC(=O)CCC/C=C/C[C@@H]1[C@@H](/C=C/[C@@H](O)CCCCC)[C@H](O)C[C@@H]1O)COP(=O)([O-])OCC[N+](C)(C)C. The predicted octanol–water partition coefficient (Wildman–Crippen LogP) is 8.77. The normalized spacial score (nSPS) is 20.9. The number of unbranched alkanes of at least 4 members (excludes halogenated alkanes) is 7. The minimum absolute atomic E-state index is 0.0835. The first-order valence-corrected chi connectivity index (χ1v) is 24.4. The van der Waals surface area contributed by atoms with Gasteiger partial charge in [0.2, 0.25) is 0 Å². The Balaban J connectivity index is 2.54. The predicted molar refractivity (Wildman–Crippen MR) is 242 cm³/mol. The van der Waals surface area contributed by atoms with Gasteiger partial charge in [-0.1, -0.05) is 119 Å². The molecule has 1 saturated carbocycles. The van der Waals surface area contributed by atoms with Crippen molar-refractivity contribution in [3.05, 3.63) is 72.9 Å². The van der Waals surface area contributed by atoms with Gasteiger partial charge in [0.25, 0.3) is 7.82 Å². The van der Waals surface area contributed by atoms with Gasteiger partial charge >= 0.3 is 11.9 Å². The summed E-state index contributed by atoms with van der Waals surface area (Å²) in [4.78, 5) is 37.7. The van der Waals surface area contributed by atoms with Crippen molar-refractivity contribution in [1.82, 2.24) is 0 Å². The van der Waals surface area contributed by atoms with E-state index in [0.717, 1.165) is 44.9 Å². The summed E-state index contributed by atoms with van der Waals surface area (Å²) in [5, 5.41) is 31.3. The second-order valence-electron chi connectivity index (χ2n) is 17.0. The van der Waals surface area contributed by atoms with Gasteiger partial charge in [-0.05, 0) is 76.5 Å². The van der Waals surface area contributed by atoms with Crippen LogP contribution in [-0.4, -0.2) is 104 Å². The number of allylic oxidation sites excluding steroid dienone is 10. The number of phosphoric ester groups is 1. The van der Waals surface area contributed by atoms with E-state index in [-0.39, 0.29) is 44.3 Å². The minimum Gasteiger partial charge on any atom is -0.756 e. The van der Waals surface area contributed by atoms with Crippen LogP contribution in [0.25, 0.3) is 0 Å². The molecule has 0 saturated heterocycles. The summed E-state index contributed by atoms with van der Waals surface area (Å²) in [5.41, 5.74) is 0. The molecule has 0 bridgehead atoms. The minimum atomic E-state index is -4.71. The summed E-state index contributed by atoms with van der Waals surface area (Å²) < 4.78 is 33.8. The van der Waals surface area contributed by atoms with E-state index in [1.807, 2.05) is 51.5 Å². The summed E-state index contributed by atoms with van der Waals surface area (Å²) in [6.45, 7) is 3.73. The lowest BCUT2D eigenvalue weighted by molar-refractivity contribution is -0.870. The molecule has 0 aromatic carbocycles. The molecule has 0 amide bonds. The zero-order chi connectivity index (χ0) is 45.2. The number of rotatable bonds is 36. The highest BCUT2D eigenvalue weighted by atomic mass is 31.2. The van der Waals surface area contributed by atoms with E-state index >= 15 is 0 Å². The molecule has 0 heterocycles. The summed E-state index contributed by atoms with van der Waals surface area (Å²) in [5.74, 6) is -1.52. The number of phosphoric acid groups is 1. The molecular formula is C48H82NO11P. The maximum atomic E-state index is 12.7. The van der Waals surface area contributed by atoms with E-state index in [4.69, 9.17) is 18.5 Å². The summed E-state index contributed by atoms with van der Waals surface area (Å²) in [6, 6.07) is 0. The van der Waals surface area contributed by atoms with Gasteiger partial charge in [0.05, 0.1) is 46.1 Å². The lowest BCUT2D eigenvalue weighted by atomic mass is 9.89. The highest BCUT2D eigenvalue weighted by molar-refractivity contribution is 7.45. The van der Waals surface area contributed by atoms with E-state index in [1.165, 1.54) is 19.3 Å². The fraction of sp³-hybridized carbons (Fsp3) is 0.708. The van der Waals surface area contributed by atoms with Crippen LogP contribution in [0.1, 0.15) is 136 Å². The Hall–Kier alpha value is -2.67. The molecule has 1 aliphatic rings. The van der Waals surface area contributed by atoms with Crippen molar-refractivity contribution >= 4 is 19.8 Å². The van der Waals surface area contributed by atoms with Gasteiger partial charge in [-0.3, -0.25) is 14.2 Å². The van der Waals surface area contributed by atoms with E-state index in [1.54, 1.807) is 6.08 Å². The van der Waals surface area contributed by atoms with Gasteiger partial charge in [-0.2, -0.15) is 0 Å². The van der Waals surface area contributed by atoms with Crippen LogP contribution in [0.4, 0.5) is 0 Å². The third-order valence-corrected chi connectivity index (χ3v) is 11.2. The molecule has 0 aliphatic heterocycles. The number of aliphatic hydroxyl groups excluding tert-OH is 3. The van der Waals surface area contributed by atoms with Crippen LogP contribution in [-0.2, 0) is 32.7 Å². The summed E-state index contributed by atoms with van der Waals surface area (Å²) >= 11 is 0. The largest absolute Gasteiger partial charge is 0.756 e. The molecule has 1 unspecified atom stereocenters. The molecule has 1 aliphatic carbocycles. The Kier molecular flexibility index (Phi) is 32.1. The molecule has 0 spiro atoms. The van der Waals surface area contributed by atoms with Crippen LogP contribution in [0, 0.1) is 11.8 Å². The maximum absolute atomic E-state index is 12.7. The summed E-state index contributed by atoms with van der Waals surface area (Å²) in [6.07, 6.45) is 36.1. The number of esters is 2. The second-order valence-corrected chi connectivity index (χ2v) is 18.4. The van der Waals surface area contributed by atoms with Crippen LogP contribution >= 0.6 is 7.82 Å². The number of quaternary nitrogens is 1. The number of ether oxygens (including phenoxy) is 2. The summed E-state index contributed by atoms with van der Waals surface area (Å²) in [7, 11) is 0.986. The zero-order valence-electron chi connectivity index (χ0n) is 38.2. The maximum Gasteiger partial charge on any atom is 0.306 e. The Morgan fingerprint density at radius 2 is 1.30 bits per heavy atom. The van der Waals surface area contributed by atoms with Crippen molar-refractivity contribution < 1.29 is 57.4 Å². The second kappa shape index (κ2) is 34.8. The molecule has 1 rings (SSSR count). The van der Waals surface area contributed by atoms with Crippen LogP contribution < -0.4 is 4.89 Å². The molecule has 3 N–H and O–H groups in total. The van der Waals surface area contributed by atoms with Crippen LogP contribution in [0.5, 0.6) is 0 Å².